The Morgan fingerprint density at radius 2 is 2.00 bits per heavy atom. The zero-order valence-electron chi connectivity index (χ0n) is 5.71. The van der Waals surface area contributed by atoms with Gasteiger partial charge in [0.1, 0.15) is 4.77 Å². The van der Waals surface area contributed by atoms with Gasteiger partial charge in [0.2, 0.25) is 0 Å². The summed E-state index contributed by atoms with van der Waals surface area (Å²) in [4.78, 5) is 0. The quantitative estimate of drug-likeness (QED) is 0.362. The van der Waals surface area contributed by atoms with Gasteiger partial charge in [-0.05, 0) is 6.42 Å². The lowest BCUT2D eigenvalue weighted by Gasteiger charge is -2.03. The first-order valence-electron chi connectivity index (χ1n) is 3.25. The molecule has 0 heterocycles. The van der Waals surface area contributed by atoms with E-state index in [0.717, 1.165) is 13.0 Å². The molecule has 0 saturated heterocycles. The predicted octanol–water partition coefficient (Wildman–Crippen LogP) is 2.34. The average Bonchev–Trinajstić information content (AvgIpc) is 1.80. The molecule has 56 valence electrons. The van der Waals surface area contributed by atoms with Crippen LogP contribution in [0.3, 0.4) is 0 Å². The van der Waals surface area contributed by atoms with Crippen LogP contribution in [0.2, 0.25) is 0 Å². The monoisotopic (exact) mass is 166 g/mol. The summed E-state index contributed by atoms with van der Waals surface area (Å²) in [7, 11) is 0. The van der Waals surface area contributed by atoms with Crippen LogP contribution in [0.4, 0.5) is 0 Å². The van der Waals surface area contributed by atoms with Gasteiger partial charge in [0, 0.05) is 6.61 Å². The molecule has 0 aliphatic rings. The Labute approximate surface area is 68.0 Å². The molecule has 0 N–H and O–H groups in total. The maximum atomic E-state index is 5.07. The minimum atomic E-state index is -0.207. The number of rotatable bonds is 5. The third kappa shape index (κ3) is 8.66. The summed E-state index contributed by atoms with van der Waals surface area (Å²) in [6, 6.07) is 0. The van der Waals surface area contributed by atoms with Gasteiger partial charge in [0.15, 0.2) is 0 Å². The van der Waals surface area contributed by atoms with Crippen molar-refractivity contribution in [2.24, 2.45) is 0 Å². The molecule has 0 spiro atoms. The Morgan fingerprint density at radius 1 is 1.33 bits per heavy atom. The van der Waals surface area contributed by atoms with Crippen LogP contribution in [0.5, 0.6) is 0 Å². The largest absolute Gasteiger partial charge is 0.358 e. The lowest BCUT2D eigenvalue weighted by atomic mass is 10.3. The molecule has 1 nitrogen and oxygen atoms in total. The summed E-state index contributed by atoms with van der Waals surface area (Å²) < 4.78 is 4.87. The van der Waals surface area contributed by atoms with E-state index in [9.17, 15) is 0 Å². The van der Waals surface area contributed by atoms with Gasteiger partial charge in [-0.1, -0.05) is 19.8 Å². The summed E-state index contributed by atoms with van der Waals surface area (Å²) in [5.41, 5.74) is 0. The van der Waals surface area contributed by atoms with Gasteiger partial charge in [-0.2, -0.15) is 0 Å². The normalized spacial score (nSPS) is 10.7. The smallest absolute Gasteiger partial charge is 0.144 e. The highest BCUT2D eigenvalue weighted by Crippen LogP contribution is 2.03. The molecule has 0 unspecified atom stereocenters. The Morgan fingerprint density at radius 3 is 2.44 bits per heavy atom. The van der Waals surface area contributed by atoms with Gasteiger partial charge < -0.3 is 4.74 Å². The molecule has 0 rings (SSSR count). The van der Waals surface area contributed by atoms with E-state index in [1.165, 1.54) is 12.8 Å². The second-order valence-corrected chi connectivity index (χ2v) is 3.25. The van der Waals surface area contributed by atoms with Crippen LogP contribution in [0, 0.1) is 0 Å². The number of hydrogen-bond acceptors (Lipinski definition) is 3. The van der Waals surface area contributed by atoms with E-state index in [0.29, 0.717) is 0 Å². The van der Waals surface area contributed by atoms with E-state index >= 15 is 0 Å². The van der Waals surface area contributed by atoms with Gasteiger partial charge in [0.05, 0.1) is 0 Å². The van der Waals surface area contributed by atoms with E-state index < -0.39 is 0 Å². The third-order valence-corrected chi connectivity index (χ3v) is 1.31. The second-order valence-electron chi connectivity index (χ2n) is 1.90. The van der Waals surface area contributed by atoms with Crippen molar-refractivity contribution in [1.82, 2.24) is 0 Å². The van der Waals surface area contributed by atoms with Crippen LogP contribution in [0.25, 0.3) is 0 Å². The Kier molecular flexibility index (Phi) is 7.27. The maximum absolute atomic E-state index is 5.07. The fourth-order valence-electron chi connectivity index (χ4n) is 0.541. The summed E-state index contributed by atoms with van der Waals surface area (Å²) in [5.74, 6) is 0. The number of thiol groups is 2. The van der Waals surface area contributed by atoms with E-state index in [-0.39, 0.29) is 4.77 Å². The number of ether oxygens (including phenoxy) is 1. The van der Waals surface area contributed by atoms with Crippen LogP contribution < -0.4 is 0 Å². The van der Waals surface area contributed by atoms with Crippen molar-refractivity contribution in [3.63, 3.8) is 0 Å². The zero-order chi connectivity index (χ0) is 7.11. The number of unbranched alkanes of at least 4 members (excludes halogenated alkanes) is 2. The van der Waals surface area contributed by atoms with Crippen molar-refractivity contribution in [3.05, 3.63) is 0 Å². The molecule has 0 radical (unpaired) electrons. The fraction of sp³-hybridized carbons (Fsp3) is 1.00. The Balaban J connectivity index is 2.75. The standard InChI is InChI=1S/C6H14OS2/c1-2-3-4-5-7-6(8)9/h6,8-9H,2-5H2,1H3. The minimum Gasteiger partial charge on any atom is -0.358 e. The molecular formula is C6H14OS2. The van der Waals surface area contributed by atoms with Crippen molar-refractivity contribution < 1.29 is 4.74 Å². The fourth-order valence-corrected chi connectivity index (χ4v) is 0.752. The molecule has 0 fully saturated rings. The first-order valence-corrected chi connectivity index (χ1v) is 4.28. The highest BCUT2D eigenvalue weighted by Gasteiger charge is 1.92. The van der Waals surface area contributed by atoms with Crippen molar-refractivity contribution in [1.29, 1.82) is 0 Å². The number of hydrogen-bond donors (Lipinski definition) is 2. The zero-order valence-corrected chi connectivity index (χ0v) is 7.50. The summed E-state index contributed by atoms with van der Waals surface area (Å²) in [6.45, 7) is 2.95. The Hall–Kier alpha value is 0.660. The molecule has 0 bridgehead atoms. The van der Waals surface area contributed by atoms with Gasteiger partial charge in [0.25, 0.3) is 0 Å². The van der Waals surface area contributed by atoms with Crippen LogP contribution in [-0.2, 0) is 4.74 Å². The molecule has 0 saturated carbocycles. The topological polar surface area (TPSA) is 9.23 Å². The average molecular weight is 166 g/mol. The maximum Gasteiger partial charge on any atom is 0.144 e. The van der Waals surface area contributed by atoms with Gasteiger partial charge in [-0.3, -0.25) is 0 Å². The third-order valence-electron chi connectivity index (χ3n) is 1.01. The van der Waals surface area contributed by atoms with E-state index in [1.54, 1.807) is 0 Å². The van der Waals surface area contributed by atoms with Crippen LogP contribution in [0.1, 0.15) is 26.2 Å². The van der Waals surface area contributed by atoms with Crippen molar-refractivity contribution >= 4 is 25.3 Å². The highest BCUT2D eigenvalue weighted by molar-refractivity contribution is 7.98. The van der Waals surface area contributed by atoms with Crippen LogP contribution in [-0.4, -0.2) is 11.4 Å². The van der Waals surface area contributed by atoms with Crippen molar-refractivity contribution in [2.45, 2.75) is 31.0 Å². The molecule has 0 amide bonds. The van der Waals surface area contributed by atoms with Gasteiger partial charge in [-0.25, -0.2) is 0 Å². The van der Waals surface area contributed by atoms with Crippen LogP contribution >= 0.6 is 25.3 Å². The summed E-state index contributed by atoms with van der Waals surface area (Å²) in [6.07, 6.45) is 3.58. The lowest BCUT2D eigenvalue weighted by molar-refractivity contribution is 0.160. The second kappa shape index (κ2) is 6.78. The molecule has 3 heteroatoms. The van der Waals surface area contributed by atoms with Crippen molar-refractivity contribution in [2.75, 3.05) is 6.61 Å². The highest BCUT2D eigenvalue weighted by atomic mass is 32.2. The predicted molar refractivity (Wildman–Crippen MR) is 47.2 cm³/mol. The van der Waals surface area contributed by atoms with E-state index in [1.807, 2.05) is 0 Å². The first kappa shape index (κ1) is 9.66. The van der Waals surface area contributed by atoms with E-state index in [4.69, 9.17) is 4.74 Å². The molecule has 0 aromatic heterocycles. The van der Waals surface area contributed by atoms with Crippen LogP contribution in [0.15, 0.2) is 0 Å². The first-order chi connectivity index (χ1) is 4.27. The molecule has 0 aromatic carbocycles. The molecule has 0 atom stereocenters. The van der Waals surface area contributed by atoms with Crippen molar-refractivity contribution in [3.8, 4) is 0 Å². The summed E-state index contributed by atoms with van der Waals surface area (Å²) >= 11 is 7.88. The minimum absolute atomic E-state index is 0.207. The van der Waals surface area contributed by atoms with Gasteiger partial charge in [-0.15, -0.1) is 25.3 Å². The van der Waals surface area contributed by atoms with Gasteiger partial charge >= 0.3 is 0 Å². The molecule has 0 aliphatic heterocycles. The lowest BCUT2D eigenvalue weighted by Crippen LogP contribution is -1.98. The molecule has 0 aliphatic carbocycles. The summed E-state index contributed by atoms with van der Waals surface area (Å²) in [5, 5.41) is 0. The molecular weight excluding hydrogens is 152 g/mol. The Bertz CT molecular complexity index is 57.0. The molecule has 0 aromatic rings. The SMILES string of the molecule is CCCCCOC(S)S. The van der Waals surface area contributed by atoms with E-state index in [2.05, 4.69) is 32.2 Å². The molecule has 9 heavy (non-hydrogen) atoms.